The van der Waals surface area contributed by atoms with E-state index in [0.717, 1.165) is 36.1 Å². The first-order chi connectivity index (χ1) is 15.7. The van der Waals surface area contributed by atoms with Crippen molar-refractivity contribution in [2.24, 2.45) is 0 Å². The van der Waals surface area contributed by atoms with Crippen LogP contribution in [0.15, 0.2) is 59.3 Å². The van der Waals surface area contributed by atoms with Gasteiger partial charge >= 0.3 is 0 Å². The molecule has 2 amide bonds. The number of carbonyl (C=O) groups excluding carboxylic acids is 2. The number of amides is 2. The molecule has 168 valence electrons. The highest BCUT2D eigenvalue weighted by Crippen LogP contribution is 2.30. The van der Waals surface area contributed by atoms with Crippen molar-refractivity contribution in [1.29, 1.82) is 0 Å². The Morgan fingerprint density at radius 2 is 1.84 bits per heavy atom. The van der Waals surface area contributed by atoms with Crippen molar-refractivity contribution in [3.05, 3.63) is 74.6 Å². The van der Waals surface area contributed by atoms with Crippen LogP contribution in [0, 0.1) is 0 Å². The molecular weight excluding hydrogens is 440 g/mol. The Hall–Kier alpha value is -2.64. The van der Waals surface area contributed by atoms with Crippen LogP contribution in [0.3, 0.4) is 0 Å². The second kappa shape index (κ2) is 10.8. The summed E-state index contributed by atoms with van der Waals surface area (Å²) < 4.78 is 5.42. The number of rotatable bonds is 8. The van der Waals surface area contributed by atoms with Crippen molar-refractivity contribution in [3.63, 3.8) is 0 Å². The highest BCUT2D eigenvalue weighted by molar-refractivity contribution is 7.12. The van der Waals surface area contributed by atoms with Gasteiger partial charge in [-0.15, -0.1) is 22.7 Å². The smallest absolute Gasteiger partial charge is 0.265 e. The summed E-state index contributed by atoms with van der Waals surface area (Å²) in [6.07, 6.45) is 5.44. The molecule has 0 spiro atoms. The number of nitrogens with one attached hydrogen (secondary N) is 1. The summed E-state index contributed by atoms with van der Waals surface area (Å²) >= 11 is 2.98. The SMILES string of the molecule is COc1cccc([C@H](C(=O)NC2CCCCC2)N(Cc2cccs2)C(=O)c2cccs2)c1. The number of carbonyl (C=O) groups is 2. The molecule has 4 rings (SSSR count). The zero-order chi connectivity index (χ0) is 22.3. The van der Waals surface area contributed by atoms with Crippen molar-refractivity contribution in [2.75, 3.05) is 7.11 Å². The van der Waals surface area contributed by atoms with Gasteiger partial charge < -0.3 is 15.0 Å². The summed E-state index contributed by atoms with van der Waals surface area (Å²) in [7, 11) is 1.61. The molecule has 0 unspecified atom stereocenters. The largest absolute Gasteiger partial charge is 0.497 e. The van der Waals surface area contributed by atoms with Crippen LogP contribution < -0.4 is 10.1 Å². The van der Waals surface area contributed by atoms with E-state index in [4.69, 9.17) is 4.74 Å². The van der Waals surface area contributed by atoms with Crippen LogP contribution in [0.1, 0.15) is 58.3 Å². The highest BCUT2D eigenvalue weighted by Gasteiger charge is 2.34. The van der Waals surface area contributed by atoms with Gasteiger partial charge in [-0.2, -0.15) is 0 Å². The molecule has 0 bridgehead atoms. The Morgan fingerprint density at radius 1 is 1.06 bits per heavy atom. The number of hydrogen-bond acceptors (Lipinski definition) is 5. The molecule has 32 heavy (non-hydrogen) atoms. The summed E-state index contributed by atoms with van der Waals surface area (Å²) in [6.45, 7) is 0.369. The van der Waals surface area contributed by atoms with Gasteiger partial charge in [-0.25, -0.2) is 0 Å². The van der Waals surface area contributed by atoms with Gasteiger partial charge in [-0.3, -0.25) is 9.59 Å². The van der Waals surface area contributed by atoms with E-state index in [9.17, 15) is 9.59 Å². The Kier molecular flexibility index (Phi) is 7.60. The van der Waals surface area contributed by atoms with Gasteiger partial charge in [0.25, 0.3) is 5.91 Å². The lowest BCUT2D eigenvalue weighted by Gasteiger charge is -2.33. The third-order valence-electron chi connectivity index (χ3n) is 5.82. The molecular formula is C25H28N2O3S2. The number of ether oxygens (including phenoxy) is 1. The molecule has 5 nitrogen and oxygen atoms in total. The van der Waals surface area contributed by atoms with Crippen LogP contribution in [0.5, 0.6) is 5.75 Å². The van der Waals surface area contributed by atoms with Crippen LogP contribution >= 0.6 is 22.7 Å². The Morgan fingerprint density at radius 3 is 2.53 bits per heavy atom. The Bertz CT molecular complexity index is 1010. The first-order valence-corrected chi connectivity index (χ1v) is 12.7. The number of benzene rings is 1. The van der Waals surface area contributed by atoms with Crippen LogP contribution in [-0.2, 0) is 11.3 Å². The van der Waals surface area contributed by atoms with E-state index >= 15 is 0 Å². The first-order valence-electron chi connectivity index (χ1n) is 11.0. The molecule has 1 aromatic carbocycles. The summed E-state index contributed by atoms with van der Waals surface area (Å²) in [4.78, 5) is 30.7. The maximum Gasteiger partial charge on any atom is 0.265 e. The van der Waals surface area contributed by atoms with E-state index < -0.39 is 6.04 Å². The molecule has 2 heterocycles. The van der Waals surface area contributed by atoms with Crippen LogP contribution in [0.25, 0.3) is 0 Å². The zero-order valence-electron chi connectivity index (χ0n) is 18.2. The fourth-order valence-electron chi connectivity index (χ4n) is 4.20. The average Bonchev–Trinajstić information content (AvgIpc) is 3.54. The fraction of sp³-hybridized carbons (Fsp3) is 0.360. The van der Waals surface area contributed by atoms with E-state index in [1.165, 1.54) is 17.8 Å². The van der Waals surface area contributed by atoms with E-state index in [1.54, 1.807) is 23.3 Å². The molecule has 1 N–H and O–H groups in total. The lowest BCUT2D eigenvalue weighted by molar-refractivity contribution is -0.127. The van der Waals surface area contributed by atoms with Crippen LogP contribution in [-0.4, -0.2) is 29.9 Å². The molecule has 0 aliphatic heterocycles. The third kappa shape index (κ3) is 5.40. The second-order valence-corrected chi connectivity index (χ2v) is 9.99. The monoisotopic (exact) mass is 468 g/mol. The molecule has 0 radical (unpaired) electrons. The number of hydrogen-bond donors (Lipinski definition) is 1. The van der Waals surface area contributed by atoms with Gasteiger partial charge in [0, 0.05) is 10.9 Å². The van der Waals surface area contributed by atoms with Gasteiger partial charge in [0.1, 0.15) is 11.8 Å². The predicted octanol–water partition coefficient (Wildman–Crippen LogP) is 5.65. The predicted molar refractivity (Wildman–Crippen MR) is 129 cm³/mol. The minimum absolute atomic E-state index is 0.133. The molecule has 1 aliphatic rings. The average molecular weight is 469 g/mol. The summed E-state index contributed by atoms with van der Waals surface area (Å²) in [6, 6.07) is 14.5. The molecule has 0 saturated heterocycles. The maximum atomic E-state index is 13.7. The quantitative estimate of drug-likeness (QED) is 0.465. The highest BCUT2D eigenvalue weighted by atomic mass is 32.1. The Balaban J connectivity index is 1.72. The van der Waals surface area contributed by atoms with Gasteiger partial charge in [-0.05, 0) is 53.4 Å². The molecule has 1 atom stereocenters. The standard InChI is InChI=1S/C25H28N2O3S2/c1-30-20-11-5-8-18(16-20)23(24(28)26-19-9-3-2-4-10-19)27(17-21-12-6-14-31-21)25(29)22-13-7-15-32-22/h5-8,11-16,19,23H,2-4,9-10,17H2,1H3,(H,26,28)/t23-/m1/s1. The fourth-order valence-corrected chi connectivity index (χ4v) is 5.59. The van der Waals surface area contributed by atoms with Crippen molar-refractivity contribution >= 4 is 34.5 Å². The molecule has 1 saturated carbocycles. The van der Waals surface area contributed by atoms with Crippen molar-refractivity contribution in [1.82, 2.24) is 10.2 Å². The lowest BCUT2D eigenvalue weighted by atomic mass is 9.94. The summed E-state index contributed by atoms with van der Waals surface area (Å²) in [5.41, 5.74) is 0.749. The van der Waals surface area contributed by atoms with Gasteiger partial charge in [0.05, 0.1) is 18.5 Å². The zero-order valence-corrected chi connectivity index (χ0v) is 19.8. The normalized spacial score (nSPS) is 15.2. The minimum Gasteiger partial charge on any atom is -0.497 e. The van der Waals surface area contributed by atoms with Gasteiger partial charge in [-0.1, -0.05) is 43.5 Å². The molecule has 3 aromatic rings. The Labute approximate surface area is 197 Å². The van der Waals surface area contributed by atoms with Gasteiger partial charge in [0.2, 0.25) is 5.91 Å². The van der Waals surface area contributed by atoms with Crippen molar-refractivity contribution in [3.8, 4) is 5.75 Å². The molecule has 7 heteroatoms. The number of thiophene rings is 2. The van der Waals surface area contributed by atoms with Gasteiger partial charge in [0.15, 0.2) is 0 Å². The number of nitrogens with zero attached hydrogens (tertiary/aromatic N) is 1. The maximum absolute atomic E-state index is 13.7. The number of methoxy groups -OCH3 is 1. The molecule has 2 aromatic heterocycles. The topological polar surface area (TPSA) is 58.6 Å². The minimum atomic E-state index is -0.747. The van der Waals surface area contributed by atoms with Crippen LogP contribution in [0.4, 0.5) is 0 Å². The van der Waals surface area contributed by atoms with Crippen LogP contribution in [0.2, 0.25) is 0 Å². The summed E-state index contributed by atoms with van der Waals surface area (Å²) in [5.74, 6) is 0.393. The van der Waals surface area contributed by atoms with E-state index in [-0.39, 0.29) is 17.9 Å². The van der Waals surface area contributed by atoms with E-state index in [1.807, 2.05) is 59.3 Å². The third-order valence-corrected chi connectivity index (χ3v) is 7.54. The first kappa shape index (κ1) is 22.6. The van der Waals surface area contributed by atoms with E-state index in [2.05, 4.69) is 5.32 Å². The molecule has 1 fully saturated rings. The second-order valence-electron chi connectivity index (χ2n) is 8.01. The summed E-state index contributed by atoms with van der Waals surface area (Å²) in [5, 5.41) is 7.13. The van der Waals surface area contributed by atoms with Crippen molar-refractivity contribution < 1.29 is 14.3 Å². The van der Waals surface area contributed by atoms with E-state index in [0.29, 0.717) is 17.2 Å². The lowest BCUT2D eigenvalue weighted by Crippen LogP contribution is -2.46. The molecule has 1 aliphatic carbocycles. The van der Waals surface area contributed by atoms with Crippen molar-refractivity contribution in [2.45, 2.75) is 50.7 Å².